The van der Waals surface area contributed by atoms with Gasteiger partial charge in [0.05, 0.1) is 17.7 Å². The summed E-state index contributed by atoms with van der Waals surface area (Å²) < 4.78 is 4.65. The molecule has 1 aliphatic rings. The average molecular weight is 211 g/mol. The van der Waals surface area contributed by atoms with Crippen molar-refractivity contribution in [1.29, 1.82) is 0 Å². The highest BCUT2D eigenvalue weighted by Gasteiger charge is 2.27. The van der Waals surface area contributed by atoms with Crippen LogP contribution in [0, 0.1) is 0 Å². The Morgan fingerprint density at radius 1 is 1.50 bits per heavy atom. The van der Waals surface area contributed by atoms with Gasteiger partial charge >= 0.3 is 5.97 Å². The Kier molecular flexibility index (Phi) is 2.46. The van der Waals surface area contributed by atoms with Crippen molar-refractivity contribution < 1.29 is 9.53 Å². The molecule has 0 amide bonds. The van der Waals surface area contributed by atoms with Crippen molar-refractivity contribution in [2.45, 2.75) is 18.8 Å². The van der Waals surface area contributed by atoms with E-state index in [4.69, 9.17) is 11.6 Å². The topological polar surface area (TPSA) is 26.3 Å². The molecular weight excluding hydrogens is 200 g/mol. The fourth-order valence-electron chi connectivity index (χ4n) is 1.53. The maximum atomic E-state index is 11.3. The fourth-order valence-corrected chi connectivity index (χ4v) is 1.88. The molecule has 1 aromatic carbocycles. The van der Waals surface area contributed by atoms with Gasteiger partial charge in [-0.1, -0.05) is 23.7 Å². The lowest BCUT2D eigenvalue weighted by atomic mass is 10.1. The summed E-state index contributed by atoms with van der Waals surface area (Å²) in [4.78, 5) is 11.3. The smallest absolute Gasteiger partial charge is 0.339 e. The van der Waals surface area contributed by atoms with E-state index in [-0.39, 0.29) is 5.97 Å². The van der Waals surface area contributed by atoms with Crippen molar-refractivity contribution in [3.8, 4) is 0 Å². The first-order chi connectivity index (χ1) is 6.74. The second kappa shape index (κ2) is 3.62. The van der Waals surface area contributed by atoms with Gasteiger partial charge in [-0.3, -0.25) is 0 Å². The molecule has 1 aromatic rings. The molecule has 0 radical (unpaired) electrons. The number of methoxy groups -OCH3 is 1. The summed E-state index contributed by atoms with van der Waals surface area (Å²) in [6, 6.07) is 5.53. The third-order valence-electron chi connectivity index (χ3n) is 2.45. The summed E-state index contributed by atoms with van der Waals surface area (Å²) in [5.41, 5.74) is 1.55. The van der Waals surface area contributed by atoms with Gasteiger partial charge in [0.25, 0.3) is 0 Å². The predicted octanol–water partition coefficient (Wildman–Crippen LogP) is 3.00. The molecule has 3 heteroatoms. The van der Waals surface area contributed by atoms with Gasteiger partial charge < -0.3 is 4.74 Å². The molecule has 2 rings (SSSR count). The van der Waals surface area contributed by atoms with E-state index in [1.807, 2.05) is 12.1 Å². The Labute approximate surface area is 87.8 Å². The second-order valence-corrected chi connectivity index (χ2v) is 3.85. The van der Waals surface area contributed by atoms with Crippen LogP contribution in [0.3, 0.4) is 0 Å². The Balaban J connectivity index is 2.40. The fraction of sp³-hybridized carbons (Fsp3) is 0.364. The van der Waals surface area contributed by atoms with E-state index in [2.05, 4.69) is 4.74 Å². The van der Waals surface area contributed by atoms with Gasteiger partial charge in [-0.15, -0.1) is 0 Å². The molecular formula is C11H11ClO2. The molecule has 0 aromatic heterocycles. The van der Waals surface area contributed by atoms with E-state index >= 15 is 0 Å². The molecule has 1 saturated carbocycles. The number of rotatable bonds is 2. The Morgan fingerprint density at radius 2 is 2.21 bits per heavy atom. The molecule has 0 saturated heterocycles. The molecule has 0 spiro atoms. The summed E-state index contributed by atoms with van der Waals surface area (Å²) in [5.74, 6) is 0.185. The molecule has 14 heavy (non-hydrogen) atoms. The third-order valence-corrected chi connectivity index (χ3v) is 2.87. The Morgan fingerprint density at radius 3 is 2.79 bits per heavy atom. The monoisotopic (exact) mass is 210 g/mol. The van der Waals surface area contributed by atoms with E-state index < -0.39 is 0 Å². The number of hydrogen-bond donors (Lipinski definition) is 0. The minimum absolute atomic E-state index is 0.363. The van der Waals surface area contributed by atoms with Gasteiger partial charge in [-0.05, 0) is 30.4 Å². The quantitative estimate of drug-likeness (QED) is 0.702. The van der Waals surface area contributed by atoms with Gasteiger partial charge in [-0.2, -0.15) is 0 Å². The van der Waals surface area contributed by atoms with Crippen molar-refractivity contribution >= 4 is 17.6 Å². The first-order valence-electron chi connectivity index (χ1n) is 4.60. The Bertz CT molecular complexity index is 370. The summed E-state index contributed by atoms with van der Waals surface area (Å²) in [5, 5.41) is 0.557. The standard InChI is InChI=1S/C11H11ClO2/c1-14-11(13)9-4-2-3-8(10(9)12)7-5-6-7/h2-4,7H,5-6H2,1H3. The molecule has 0 atom stereocenters. The number of carbonyl (C=O) groups is 1. The first kappa shape index (κ1) is 9.53. The number of esters is 1. The SMILES string of the molecule is COC(=O)c1cccc(C2CC2)c1Cl. The maximum absolute atomic E-state index is 11.3. The zero-order valence-corrected chi connectivity index (χ0v) is 8.67. The zero-order chi connectivity index (χ0) is 10.1. The van der Waals surface area contributed by atoms with E-state index in [0.29, 0.717) is 16.5 Å². The minimum Gasteiger partial charge on any atom is -0.465 e. The molecule has 0 N–H and O–H groups in total. The van der Waals surface area contributed by atoms with Crippen molar-refractivity contribution in [3.05, 3.63) is 34.3 Å². The number of halogens is 1. The van der Waals surface area contributed by atoms with E-state index in [1.165, 1.54) is 20.0 Å². The third kappa shape index (κ3) is 1.62. The van der Waals surface area contributed by atoms with Crippen LogP contribution >= 0.6 is 11.6 Å². The summed E-state index contributed by atoms with van der Waals surface area (Å²) in [7, 11) is 1.36. The number of carbonyl (C=O) groups excluding carboxylic acids is 1. The normalized spacial score (nSPS) is 15.3. The lowest BCUT2D eigenvalue weighted by molar-refractivity contribution is 0.0601. The van der Waals surface area contributed by atoms with Crippen LogP contribution in [0.25, 0.3) is 0 Å². The van der Waals surface area contributed by atoms with Gasteiger partial charge in [0.2, 0.25) is 0 Å². The minimum atomic E-state index is -0.363. The van der Waals surface area contributed by atoms with Gasteiger partial charge in [0.15, 0.2) is 0 Å². The van der Waals surface area contributed by atoms with Crippen LogP contribution in [-0.2, 0) is 4.74 Å². The van der Waals surface area contributed by atoms with Crippen LogP contribution in [0.1, 0.15) is 34.7 Å². The predicted molar refractivity (Wildman–Crippen MR) is 54.8 cm³/mol. The molecule has 0 heterocycles. The van der Waals surface area contributed by atoms with Crippen LogP contribution in [0.4, 0.5) is 0 Å². The summed E-state index contributed by atoms with van der Waals surface area (Å²) in [6.07, 6.45) is 2.34. The maximum Gasteiger partial charge on any atom is 0.339 e. The molecule has 1 aliphatic carbocycles. The largest absolute Gasteiger partial charge is 0.465 e. The highest BCUT2D eigenvalue weighted by molar-refractivity contribution is 6.34. The summed E-state index contributed by atoms with van der Waals surface area (Å²) in [6.45, 7) is 0. The lowest BCUT2D eigenvalue weighted by Crippen LogP contribution is -2.03. The van der Waals surface area contributed by atoms with Gasteiger partial charge in [0, 0.05) is 0 Å². The van der Waals surface area contributed by atoms with E-state index in [1.54, 1.807) is 6.07 Å². The number of ether oxygens (including phenoxy) is 1. The van der Waals surface area contributed by atoms with Crippen molar-refractivity contribution in [2.75, 3.05) is 7.11 Å². The van der Waals surface area contributed by atoms with Gasteiger partial charge in [0.1, 0.15) is 0 Å². The van der Waals surface area contributed by atoms with E-state index in [9.17, 15) is 4.79 Å². The van der Waals surface area contributed by atoms with Crippen molar-refractivity contribution in [1.82, 2.24) is 0 Å². The second-order valence-electron chi connectivity index (χ2n) is 3.47. The number of benzene rings is 1. The van der Waals surface area contributed by atoms with Crippen LogP contribution < -0.4 is 0 Å². The molecule has 0 bridgehead atoms. The molecule has 74 valence electrons. The zero-order valence-electron chi connectivity index (χ0n) is 7.92. The average Bonchev–Trinajstić information content (AvgIpc) is 3.01. The van der Waals surface area contributed by atoms with Crippen LogP contribution in [0.5, 0.6) is 0 Å². The first-order valence-corrected chi connectivity index (χ1v) is 4.98. The van der Waals surface area contributed by atoms with Crippen LogP contribution in [0.15, 0.2) is 18.2 Å². The van der Waals surface area contributed by atoms with E-state index in [0.717, 1.165) is 5.56 Å². The van der Waals surface area contributed by atoms with Crippen LogP contribution in [-0.4, -0.2) is 13.1 Å². The number of hydrogen-bond acceptors (Lipinski definition) is 2. The van der Waals surface area contributed by atoms with Crippen molar-refractivity contribution in [2.24, 2.45) is 0 Å². The highest BCUT2D eigenvalue weighted by atomic mass is 35.5. The highest BCUT2D eigenvalue weighted by Crippen LogP contribution is 2.43. The Hall–Kier alpha value is -1.02. The molecule has 0 unspecified atom stereocenters. The van der Waals surface area contributed by atoms with Crippen molar-refractivity contribution in [3.63, 3.8) is 0 Å². The van der Waals surface area contributed by atoms with Gasteiger partial charge in [-0.25, -0.2) is 4.79 Å². The van der Waals surface area contributed by atoms with Crippen LogP contribution in [0.2, 0.25) is 5.02 Å². The molecule has 0 aliphatic heterocycles. The molecule has 2 nitrogen and oxygen atoms in total. The lowest BCUT2D eigenvalue weighted by Gasteiger charge is -2.06. The molecule has 1 fully saturated rings. The summed E-state index contributed by atoms with van der Waals surface area (Å²) >= 11 is 6.12.